The molecular weight excluding hydrogens is 247 g/mol. The molecule has 0 saturated carbocycles. The maximum Gasteiger partial charge on any atom is 0.256 e. The fourth-order valence-corrected chi connectivity index (χ4v) is 1.40. The Bertz CT molecular complexity index is 426. The molecule has 1 rings (SSSR count). The van der Waals surface area contributed by atoms with Crippen molar-refractivity contribution in [3.05, 3.63) is 23.6 Å². The van der Waals surface area contributed by atoms with Gasteiger partial charge in [0, 0.05) is 19.8 Å². The van der Waals surface area contributed by atoms with Crippen LogP contribution in [0.2, 0.25) is 0 Å². The van der Waals surface area contributed by atoms with E-state index in [9.17, 15) is 18.0 Å². The number of pyridine rings is 1. The fraction of sp³-hybridized carbons (Fsp3) is 0.455. The average Bonchev–Trinajstić information content (AvgIpc) is 2.30. The van der Waals surface area contributed by atoms with Crippen molar-refractivity contribution in [2.24, 2.45) is 0 Å². The van der Waals surface area contributed by atoms with Crippen molar-refractivity contribution in [3.63, 3.8) is 0 Å². The third-order valence-electron chi connectivity index (χ3n) is 2.22. The lowest BCUT2D eigenvalue weighted by Gasteiger charge is -2.17. The van der Waals surface area contributed by atoms with E-state index in [0.29, 0.717) is 6.54 Å². The lowest BCUT2D eigenvalue weighted by atomic mass is 10.2. The Morgan fingerprint density at radius 1 is 1.56 bits per heavy atom. The van der Waals surface area contributed by atoms with Crippen LogP contribution in [0.15, 0.2) is 12.3 Å². The minimum Gasteiger partial charge on any atom is -0.368 e. The molecule has 0 spiro atoms. The van der Waals surface area contributed by atoms with Gasteiger partial charge in [-0.15, -0.1) is 0 Å². The topological polar surface area (TPSA) is 45.2 Å². The van der Waals surface area contributed by atoms with Crippen LogP contribution in [0.3, 0.4) is 0 Å². The summed E-state index contributed by atoms with van der Waals surface area (Å²) in [5, 5.41) is 2.65. The number of nitrogens with zero attached hydrogens (tertiary/aromatic N) is 2. The van der Waals surface area contributed by atoms with Crippen LogP contribution in [0.4, 0.5) is 19.0 Å². The first-order valence-electron chi connectivity index (χ1n) is 5.39. The van der Waals surface area contributed by atoms with Crippen molar-refractivity contribution in [3.8, 4) is 0 Å². The second kappa shape index (κ2) is 6.23. The molecule has 0 fully saturated rings. The fourth-order valence-electron chi connectivity index (χ4n) is 1.40. The molecule has 1 amide bonds. The van der Waals surface area contributed by atoms with Crippen LogP contribution in [0.5, 0.6) is 0 Å². The molecule has 1 aromatic heterocycles. The maximum absolute atomic E-state index is 13.8. The van der Waals surface area contributed by atoms with Crippen LogP contribution in [0.25, 0.3) is 0 Å². The van der Waals surface area contributed by atoms with Gasteiger partial charge in [0.1, 0.15) is 0 Å². The Morgan fingerprint density at radius 3 is 2.78 bits per heavy atom. The summed E-state index contributed by atoms with van der Waals surface area (Å²) in [5.41, 5.74) is -0.274. The van der Waals surface area contributed by atoms with E-state index in [-0.39, 0.29) is 11.4 Å². The highest BCUT2D eigenvalue weighted by Crippen LogP contribution is 2.16. The number of amides is 1. The zero-order valence-electron chi connectivity index (χ0n) is 10.1. The van der Waals surface area contributed by atoms with Crippen LogP contribution in [0, 0.1) is 5.82 Å². The first kappa shape index (κ1) is 14.3. The van der Waals surface area contributed by atoms with Crippen LogP contribution in [-0.4, -0.2) is 42.4 Å². The van der Waals surface area contributed by atoms with Gasteiger partial charge in [0.15, 0.2) is 11.6 Å². The SMILES string of the molecule is CCNc1nccc(C(=O)N(C)CC(F)F)c1F. The van der Waals surface area contributed by atoms with Gasteiger partial charge in [-0.1, -0.05) is 0 Å². The van der Waals surface area contributed by atoms with Gasteiger partial charge < -0.3 is 10.2 Å². The minimum atomic E-state index is -2.66. The molecule has 0 atom stereocenters. The normalized spacial score (nSPS) is 10.6. The van der Waals surface area contributed by atoms with E-state index in [1.165, 1.54) is 19.3 Å². The van der Waals surface area contributed by atoms with E-state index in [2.05, 4.69) is 10.3 Å². The second-order valence-corrected chi connectivity index (χ2v) is 3.63. The Balaban J connectivity index is 2.95. The monoisotopic (exact) mass is 261 g/mol. The molecule has 0 aliphatic heterocycles. The van der Waals surface area contributed by atoms with Crippen molar-refractivity contribution in [2.45, 2.75) is 13.3 Å². The van der Waals surface area contributed by atoms with Crippen molar-refractivity contribution >= 4 is 11.7 Å². The number of hydrogen-bond acceptors (Lipinski definition) is 3. The molecule has 0 aromatic carbocycles. The number of aromatic nitrogens is 1. The summed E-state index contributed by atoms with van der Waals surface area (Å²) >= 11 is 0. The zero-order valence-corrected chi connectivity index (χ0v) is 10.1. The van der Waals surface area contributed by atoms with E-state index < -0.39 is 24.7 Å². The van der Waals surface area contributed by atoms with Crippen LogP contribution in [0.1, 0.15) is 17.3 Å². The van der Waals surface area contributed by atoms with Crippen molar-refractivity contribution in [1.82, 2.24) is 9.88 Å². The van der Waals surface area contributed by atoms with Gasteiger partial charge in [-0.2, -0.15) is 0 Å². The summed E-state index contributed by atoms with van der Waals surface area (Å²) in [6.07, 6.45) is -1.40. The maximum atomic E-state index is 13.8. The number of hydrogen-bond donors (Lipinski definition) is 1. The number of nitrogens with one attached hydrogen (secondary N) is 1. The molecule has 0 unspecified atom stereocenters. The largest absolute Gasteiger partial charge is 0.368 e. The molecule has 1 aromatic rings. The number of rotatable bonds is 5. The van der Waals surface area contributed by atoms with Gasteiger partial charge in [-0.25, -0.2) is 18.2 Å². The Morgan fingerprint density at radius 2 is 2.22 bits per heavy atom. The summed E-state index contributed by atoms with van der Waals surface area (Å²) in [7, 11) is 1.20. The molecule has 0 radical (unpaired) electrons. The van der Waals surface area contributed by atoms with E-state index in [4.69, 9.17) is 0 Å². The lowest BCUT2D eigenvalue weighted by molar-refractivity contribution is 0.0616. The Kier molecular flexibility index (Phi) is 4.94. The summed E-state index contributed by atoms with van der Waals surface area (Å²) in [5.74, 6) is -1.69. The molecule has 0 bridgehead atoms. The molecular formula is C11H14F3N3O. The third kappa shape index (κ3) is 3.35. The number of halogens is 3. The van der Waals surface area contributed by atoms with E-state index in [0.717, 1.165) is 4.90 Å². The second-order valence-electron chi connectivity index (χ2n) is 3.63. The summed E-state index contributed by atoms with van der Waals surface area (Å²) in [6.45, 7) is 1.45. The van der Waals surface area contributed by atoms with Crippen molar-refractivity contribution < 1.29 is 18.0 Å². The van der Waals surface area contributed by atoms with Crippen LogP contribution >= 0.6 is 0 Å². The predicted octanol–water partition coefficient (Wildman–Crippen LogP) is 1.99. The predicted molar refractivity (Wildman–Crippen MR) is 61.3 cm³/mol. The van der Waals surface area contributed by atoms with Crippen LogP contribution < -0.4 is 5.32 Å². The van der Waals surface area contributed by atoms with Crippen LogP contribution in [-0.2, 0) is 0 Å². The molecule has 18 heavy (non-hydrogen) atoms. The highest BCUT2D eigenvalue weighted by atomic mass is 19.3. The Labute approximate surface area is 103 Å². The van der Waals surface area contributed by atoms with Gasteiger partial charge in [-0.05, 0) is 13.0 Å². The smallest absolute Gasteiger partial charge is 0.256 e. The first-order valence-corrected chi connectivity index (χ1v) is 5.39. The standard InChI is InChI=1S/C11H14F3N3O/c1-3-15-10-9(14)7(4-5-16-10)11(18)17(2)6-8(12)13/h4-5,8H,3,6H2,1-2H3,(H,15,16). The van der Waals surface area contributed by atoms with Gasteiger partial charge >= 0.3 is 0 Å². The van der Waals surface area contributed by atoms with Gasteiger partial charge in [0.05, 0.1) is 12.1 Å². The number of carbonyl (C=O) groups excluding carboxylic acids is 1. The van der Waals surface area contributed by atoms with E-state index in [1.807, 2.05) is 0 Å². The molecule has 0 aliphatic carbocycles. The zero-order chi connectivity index (χ0) is 13.7. The number of anilines is 1. The average molecular weight is 261 g/mol. The lowest BCUT2D eigenvalue weighted by Crippen LogP contribution is -2.32. The number of carbonyl (C=O) groups is 1. The molecule has 1 heterocycles. The van der Waals surface area contributed by atoms with Crippen molar-refractivity contribution in [1.29, 1.82) is 0 Å². The molecule has 4 nitrogen and oxygen atoms in total. The van der Waals surface area contributed by atoms with Gasteiger partial charge in [0.25, 0.3) is 12.3 Å². The highest BCUT2D eigenvalue weighted by Gasteiger charge is 2.21. The summed E-state index contributed by atoms with van der Waals surface area (Å²) in [4.78, 5) is 16.3. The summed E-state index contributed by atoms with van der Waals surface area (Å²) < 4.78 is 38.1. The molecule has 0 aliphatic rings. The minimum absolute atomic E-state index is 0.0613. The summed E-state index contributed by atoms with van der Waals surface area (Å²) in [6, 6.07) is 1.17. The molecule has 100 valence electrons. The highest BCUT2D eigenvalue weighted by molar-refractivity contribution is 5.95. The molecule has 1 N–H and O–H groups in total. The Hall–Kier alpha value is -1.79. The quantitative estimate of drug-likeness (QED) is 0.881. The van der Waals surface area contributed by atoms with E-state index in [1.54, 1.807) is 6.92 Å². The number of alkyl halides is 2. The van der Waals surface area contributed by atoms with E-state index >= 15 is 0 Å². The third-order valence-corrected chi connectivity index (χ3v) is 2.22. The molecule has 7 heteroatoms. The first-order chi connectivity index (χ1) is 8.47. The molecule has 0 saturated heterocycles. The van der Waals surface area contributed by atoms with Gasteiger partial charge in [0.2, 0.25) is 0 Å². The van der Waals surface area contributed by atoms with Crippen molar-refractivity contribution in [2.75, 3.05) is 25.5 Å². The van der Waals surface area contributed by atoms with Gasteiger partial charge in [-0.3, -0.25) is 4.79 Å².